The number of imidazole rings is 1. The number of halogens is 6. The van der Waals surface area contributed by atoms with E-state index in [4.69, 9.17) is 24.5 Å². The Morgan fingerprint density at radius 3 is 2.03 bits per heavy atom. The lowest BCUT2D eigenvalue weighted by atomic mass is 10.2. The predicted octanol–water partition coefficient (Wildman–Crippen LogP) is 3.57. The first-order chi connectivity index (χ1) is 15.3. The molecule has 1 aromatic heterocycles. The van der Waals surface area contributed by atoms with Crippen LogP contribution in [0.25, 0.3) is 11.4 Å². The number of carbonyl (C=O) groups is 2. The first-order valence-corrected chi connectivity index (χ1v) is 9.30. The van der Waals surface area contributed by atoms with E-state index in [0.717, 1.165) is 50.7 Å². The molecule has 0 saturated carbocycles. The van der Waals surface area contributed by atoms with E-state index in [1.54, 1.807) is 0 Å². The molecule has 1 aliphatic rings. The van der Waals surface area contributed by atoms with E-state index in [1.165, 1.54) is 5.69 Å². The van der Waals surface area contributed by atoms with Crippen LogP contribution in [-0.2, 0) is 20.9 Å². The smallest absolute Gasteiger partial charge is 0.475 e. The Hall–Kier alpha value is -3.13. The Morgan fingerprint density at radius 1 is 0.970 bits per heavy atom. The largest absolute Gasteiger partial charge is 0.490 e. The summed E-state index contributed by atoms with van der Waals surface area (Å²) in [6, 6.07) is 10.2. The number of benzene rings is 1. The highest BCUT2D eigenvalue weighted by molar-refractivity contribution is 5.73. The summed E-state index contributed by atoms with van der Waals surface area (Å²) in [6.45, 7) is 4.73. The molecule has 0 bridgehead atoms. The number of carboxylic acids is 2. The van der Waals surface area contributed by atoms with Crippen molar-refractivity contribution in [1.29, 1.82) is 0 Å². The van der Waals surface area contributed by atoms with Gasteiger partial charge in [0.15, 0.2) is 0 Å². The molecule has 0 atom stereocenters. The second-order valence-electron chi connectivity index (χ2n) is 6.47. The molecule has 0 spiro atoms. The summed E-state index contributed by atoms with van der Waals surface area (Å²) in [6.07, 6.45) is -7.12. The van der Waals surface area contributed by atoms with Gasteiger partial charge < -0.3 is 19.9 Å². The monoisotopic (exact) mass is 485 g/mol. The molecule has 3 N–H and O–H groups in total. The van der Waals surface area contributed by atoms with Gasteiger partial charge in [0.1, 0.15) is 5.82 Å². The highest BCUT2D eigenvalue weighted by atomic mass is 19.4. The van der Waals surface area contributed by atoms with E-state index >= 15 is 0 Å². The minimum atomic E-state index is -5.08. The maximum absolute atomic E-state index is 10.6. The van der Waals surface area contributed by atoms with Gasteiger partial charge in [0.2, 0.25) is 0 Å². The van der Waals surface area contributed by atoms with Crippen molar-refractivity contribution in [2.75, 3.05) is 26.3 Å². The maximum atomic E-state index is 10.6. The number of aromatic amines is 1. The zero-order chi connectivity index (χ0) is 25.1. The highest BCUT2D eigenvalue weighted by Gasteiger charge is 2.38. The van der Waals surface area contributed by atoms with Crippen molar-refractivity contribution in [1.82, 2.24) is 14.9 Å². The van der Waals surface area contributed by atoms with E-state index in [2.05, 4.69) is 27.0 Å². The lowest BCUT2D eigenvalue weighted by molar-refractivity contribution is -0.193. The third kappa shape index (κ3) is 11.3. The number of aliphatic carboxylic acids is 2. The second kappa shape index (κ2) is 12.8. The number of carboxylic acid groups (broad SMARTS) is 2. The Labute approximate surface area is 183 Å². The first kappa shape index (κ1) is 27.9. The summed E-state index contributed by atoms with van der Waals surface area (Å²) in [5.74, 6) is -4.57. The van der Waals surface area contributed by atoms with Crippen LogP contribution in [0.1, 0.15) is 12.1 Å². The first-order valence-electron chi connectivity index (χ1n) is 9.30. The number of nitrogens with zero attached hydrogens (tertiary/aromatic N) is 2. The molecule has 14 heteroatoms. The molecule has 184 valence electrons. The second-order valence-corrected chi connectivity index (χ2v) is 6.47. The lowest BCUT2D eigenvalue weighted by Gasteiger charge is -2.17. The van der Waals surface area contributed by atoms with Gasteiger partial charge in [0, 0.05) is 43.7 Å². The average molecular weight is 485 g/mol. The maximum Gasteiger partial charge on any atom is 0.490 e. The number of H-pyrrole nitrogens is 1. The molecule has 1 aromatic carbocycles. The summed E-state index contributed by atoms with van der Waals surface area (Å²) >= 11 is 0. The number of nitrogens with one attached hydrogen (secondary N) is 1. The fraction of sp³-hybridized carbons (Fsp3) is 0.421. The Balaban J connectivity index is 0.000000324. The molecule has 0 radical (unpaired) electrons. The number of hydrogen-bond donors (Lipinski definition) is 3. The Morgan fingerprint density at radius 2 is 1.52 bits per heavy atom. The number of ether oxygens (including phenoxy) is 1. The standard InChI is InChI=1S/C15H19N3O.2C2HF3O2/c1-2-5-13(6-3-1)15-16-11-14(17-15)12-18-7-4-9-19-10-8-18;2*3-2(4,5)1(6)7/h1-3,5-6,11H,4,7-10,12H2,(H,16,17);2*(H,6,7). The predicted molar refractivity (Wildman–Crippen MR) is 102 cm³/mol. The van der Waals surface area contributed by atoms with Crippen molar-refractivity contribution < 1.29 is 50.9 Å². The molecule has 8 nitrogen and oxygen atoms in total. The van der Waals surface area contributed by atoms with Gasteiger partial charge in [-0.1, -0.05) is 30.3 Å². The molecule has 1 aliphatic heterocycles. The molecule has 33 heavy (non-hydrogen) atoms. The van der Waals surface area contributed by atoms with Crippen molar-refractivity contribution in [2.45, 2.75) is 25.3 Å². The van der Waals surface area contributed by atoms with Crippen molar-refractivity contribution in [3.8, 4) is 11.4 Å². The highest BCUT2D eigenvalue weighted by Crippen LogP contribution is 2.16. The zero-order valence-electron chi connectivity index (χ0n) is 17.0. The van der Waals surface area contributed by atoms with Gasteiger partial charge in [-0.15, -0.1) is 0 Å². The fourth-order valence-electron chi connectivity index (χ4n) is 2.38. The van der Waals surface area contributed by atoms with E-state index in [-0.39, 0.29) is 0 Å². The van der Waals surface area contributed by atoms with Crippen LogP contribution in [0.2, 0.25) is 0 Å². The topological polar surface area (TPSA) is 116 Å². The van der Waals surface area contributed by atoms with Crippen molar-refractivity contribution >= 4 is 11.9 Å². The molecule has 2 aromatic rings. The van der Waals surface area contributed by atoms with Crippen molar-refractivity contribution in [3.05, 3.63) is 42.2 Å². The van der Waals surface area contributed by atoms with Gasteiger partial charge in [-0.05, 0) is 6.42 Å². The molecule has 2 heterocycles. The van der Waals surface area contributed by atoms with E-state index in [1.807, 2.05) is 24.4 Å². The minimum absolute atomic E-state index is 0.833. The molecular formula is C19H21F6N3O5. The van der Waals surface area contributed by atoms with Gasteiger partial charge in [-0.25, -0.2) is 14.6 Å². The normalized spacial score (nSPS) is 14.7. The molecule has 1 fully saturated rings. The van der Waals surface area contributed by atoms with Crippen LogP contribution in [0.3, 0.4) is 0 Å². The zero-order valence-corrected chi connectivity index (χ0v) is 17.0. The molecule has 3 rings (SSSR count). The van der Waals surface area contributed by atoms with Gasteiger partial charge >= 0.3 is 24.3 Å². The van der Waals surface area contributed by atoms with Crippen molar-refractivity contribution in [2.24, 2.45) is 0 Å². The number of alkyl halides is 6. The minimum Gasteiger partial charge on any atom is -0.475 e. The van der Waals surface area contributed by atoms with Gasteiger partial charge in [0.05, 0.1) is 6.61 Å². The van der Waals surface area contributed by atoms with E-state index < -0.39 is 24.3 Å². The number of rotatable bonds is 3. The van der Waals surface area contributed by atoms with Gasteiger partial charge in [0.25, 0.3) is 0 Å². The number of hydrogen-bond acceptors (Lipinski definition) is 5. The molecular weight excluding hydrogens is 464 g/mol. The Kier molecular flexibility index (Phi) is 10.8. The summed E-state index contributed by atoms with van der Waals surface area (Å²) in [7, 11) is 0. The molecule has 0 unspecified atom stereocenters. The number of aromatic nitrogens is 2. The van der Waals surface area contributed by atoms with E-state index in [9.17, 15) is 26.3 Å². The van der Waals surface area contributed by atoms with Crippen LogP contribution in [-0.4, -0.2) is 75.7 Å². The van der Waals surface area contributed by atoms with Crippen LogP contribution in [0.5, 0.6) is 0 Å². The van der Waals surface area contributed by atoms with Crippen LogP contribution in [0.4, 0.5) is 26.3 Å². The molecule has 0 amide bonds. The Bertz CT molecular complexity index is 839. The van der Waals surface area contributed by atoms with Crippen LogP contribution < -0.4 is 0 Å². The summed E-state index contributed by atoms with van der Waals surface area (Å²) in [5.41, 5.74) is 2.30. The van der Waals surface area contributed by atoms with Gasteiger partial charge in [-0.3, -0.25) is 4.90 Å². The molecule has 1 saturated heterocycles. The van der Waals surface area contributed by atoms with Crippen LogP contribution >= 0.6 is 0 Å². The summed E-state index contributed by atoms with van der Waals surface area (Å²) < 4.78 is 68.9. The van der Waals surface area contributed by atoms with Gasteiger partial charge in [-0.2, -0.15) is 26.3 Å². The quantitative estimate of drug-likeness (QED) is 0.570. The van der Waals surface area contributed by atoms with Crippen LogP contribution in [0.15, 0.2) is 36.5 Å². The third-order valence-electron chi connectivity index (χ3n) is 3.87. The lowest BCUT2D eigenvalue weighted by Crippen LogP contribution is -2.25. The van der Waals surface area contributed by atoms with Crippen molar-refractivity contribution in [3.63, 3.8) is 0 Å². The third-order valence-corrected chi connectivity index (χ3v) is 3.87. The fourth-order valence-corrected chi connectivity index (χ4v) is 2.38. The summed E-state index contributed by atoms with van der Waals surface area (Å²) in [5, 5.41) is 14.2. The molecule has 0 aliphatic carbocycles. The average Bonchev–Trinajstić information content (AvgIpc) is 3.03. The van der Waals surface area contributed by atoms with Crippen LogP contribution in [0, 0.1) is 0 Å². The SMILES string of the molecule is O=C(O)C(F)(F)F.O=C(O)C(F)(F)F.c1ccc(-c2ncc(CN3CCCOCC3)[nH]2)cc1. The van der Waals surface area contributed by atoms with E-state index in [0.29, 0.717) is 0 Å². The summed E-state index contributed by atoms with van der Waals surface area (Å²) in [4.78, 5) is 28.1.